The standard InChI is InChI=1S/C8H16FN.2C2H6/c1-3-10-6-4-8(2,9)5-7-10;2*1-2/h3-7H2,1-2H3;2*1-2H3. The molecule has 0 aliphatic carbocycles. The van der Waals surface area contributed by atoms with E-state index in [1.807, 2.05) is 27.7 Å². The molecular formula is C12H28FN. The Balaban J connectivity index is 0. The molecule has 2 heteroatoms. The maximum absolute atomic E-state index is 13.2. The summed E-state index contributed by atoms with van der Waals surface area (Å²) in [6.45, 7) is 14.8. The van der Waals surface area contributed by atoms with E-state index in [1.54, 1.807) is 6.92 Å². The van der Waals surface area contributed by atoms with Crippen LogP contribution in [0.25, 0.3) is 0 Å². The van der Waals surface area contributed by atoms with E-state index in [9.17, 15) is 4.39 Å². The normalized spacial score (nSPS) is 19.9. The summed E-state index contributed by atoms with van der Waals surface area (Å²) in [4.78, 5) is 2.29. The molecule has 0 radical (unpaired) electrons. The lowest BCUT2D eigenvalue weighted by Crippen LogP contribution is -2.39. The molecule has 1 heterocycles. The first kappa shape index (κ1) is 16.3. The fraction of sp³-hybridized carbons (Fsp3) is 1.00. The Labute approximate surface area is 89.7 Å². The minimum atomic E-state index is -0.883. The summed E-state index contributed by atoms with van der Waals surface area (Å²) in [5.74, 6) is 0. The second-order valence-electron chi connectivity index (χ2n) is 3.35. The number of piperidine rings is 1. The Morgan fingerprint density at radius 1 is 1.07 bits per heavy atom. The first-order valence-corrected chi connectivity index (χ1v) is 6.05. The summed E-state index contributed by atoms with van der Waals surface area (Å²) >= 11 is 0. The van der Waals surface area contributed by atoms with Gasteiger partial charge in [-0.3, -0.25) is 0 Å². The number of likely N-dealkylation sites (tertiary alicyclic amines) is 1. The first-order valence-electron chi connectivity index (χ1n) is 6.05. The second kappa shape index (κ2) is 9.45. The van der Waals surface area contributed by atoms with E-state index in [1.165, 1.54) is 0 Å². The fourth-order valence-electron chi connectivity index (χ4n) is 1.34. The van der Waals surface area contributed by atoms with Crippen molar-refractivity contribution >= 4 is 0 Å². The van der Waals surface area contributed by atoms with Crippen molar-refractivity contribution in [3.05, 3.63) is 0 Å². The predicted octanol–water partition coefficient (Wildman–Crippen LogP) is 3.88. The Morgan fingerprint density at radius 3 is 1.71 bits per heavy atom. The van der Waals surface area contributed by atoms with Gasteiger partial charge in [0.2, 0.25) is 0 Å². The third-order valence-electron chi connectivity index (χ3n) is 2.35. The zero-order valence-electron chi connectivity index (χ0n) is 10.9. The molecule has 0 unspecified atom stereocenters. The van der Waals surface area contributed by atoms with E-state index in [2.05, 4.69) is 11.8 Å². The molecule has 1 rings (SSSR count). The molecule has 0 saturated carbocycles. The molecule has 0 bridgehead atoms. The van der Waals surface area contributed by atoms with E-state index >= 15 is 0 Å². The number of halogens is 1. The molecule has 0 aromatic carbocycles. The highest BCUT2D eigenvalue weighted by Gasteiger charge is 2.28. The SMILES string of the molecule is CC.CC.CCN1CCC(C)(F)CC1. The van der Waals surface area contributed by atoms with Gasteiger partial charge in [-0.05, 0) is 26.3 Å². The number of hydrogen-bond donors (Lipinski definition) is 0. The molecule has 1 fully saturated rings. The van der Waals surface area contributed by atoms with Crippen LogP contribution >= 0.6 is 0 Å². The Kier molecular flexibility index (Phi) is 11.0. The summed E-state index contributed by atoms with van der Waals surface area (Å²) in [6.07, 6.45) is 1.42. The topological polar surface area (TPSA) is 3.24 Å². The molecule has 0 spiro atoms. The van der Waals surface area contributed by atoms with Gasteiger partial charge in [0.05, 0.1) is 0 Å². The van der Waals surface area contributed by atoms with Crippen molar-refractivity contribution in [3.63, 3.8) is 0 Å². The van der Waals surface area contributed by atoms with Crippen LogP contribution in [0.5, 0.6) is 0 Å². The summed E-state index contributed by atoms with van der Waals surface area (Å²) < 4.78 is 13.2. The van der Waals surface area contributed by atoms with Crippen molar-refractivity contribution in [1.29, 1.82) is 0 Å². The third kappa shape index (κ3) is 7.31. The third-order valence-corrected chi connectivity index (χ3v) is 2.35. The van der Waals surface area contributed by atoms with Crippen molar-refractivity contribution in [2.45, 2.75) is 60.1 Å². The van der Waals surface area contributed by atoms with Gasteiger partial charge in [0, 0.05) is 13.1 Å². The Morgan fingerprint density at radius 2 is 1.43 bits per heavy atom. The van der Waals surface area contributed by atoms with Gasteiger partial charge in [0.25, 0.3) is 0 Å². The van der Waals surface area contributed by atoms with Gasteiger partial charge in [-0.2, -0.15) is 0 Å². The molecule has 0 amide bonds. The van der Waals surface area contributed by atoms with Crippen molar-refractivity contribution < 1.29 is 4.39 Å². The quantitative estimate of drug-likeness (QED) is 0.628. The molecule has 1 nitrogen and oxygen atoms in total. The predicted molar refractivity (Wildman–Crippen MR) is 63.6 cm³/mol. The number of rotatable bonds is 1. The van der Waals surface area contributed by atoms with Crippen LogP contribution in [0, 0.1) is 0 Å². The molecule has 0 atom stereocenters. The lowest BCUT2D eigenvalue weighted by atomic mass is 9.96. The highest BCUT2D eigenvalue weighted by atomic mass is 19.1. The van der Waals surface area contributed by atoms with Gasteiger partial charge in [0.15, 0.2) is 0 Å². The maximum atomic E-state index is 13.2. The van der Waals surface area contributed by atoms with Crippen LogP contribution in [0.4, 0.5) is 4.39 Å². The van der Waals surface area contributed by atoms with E-state index in [4.69, 9.17) is 0 Å². The molecule has 0 N–H and O–H groups in total. The molecule has 0 aromatic rings. The molecule has 1 aliphatic rings. The highest BCUT2D eigenvalue weighted by molar-refractivity contribution is 4.81. The summed E-state index contributed by atoms with van der Waals surface area (Å²) in [5.41, 5.74) is -0.883. The van der Waals surface area contributed by atoms with Gasteiger partial charge in [-0.15, -0.1) is 0 Å². The molecule has 1 aliphatic heterocycles. The fourth-order valence-corrected chi connectivity index (χ4v) is 1.34. The Bertz CT molecular complexity index is 103. The van der Waals surface area contributed by atoms with E-state index in [0.29, 0.717) is 12.8 Å². The van der Waals surface area contributed by atoms with Crippen molar-refractivity contribution in [2.24, 2.45) is 0 Å². The van der Waals surface area contributed by atoms with Gasteiger partial charge >= 0.3 is 0 Å². The van der Waals surface area contributed by atoms with Crippen LogP contribution in [0.2, 0.25) is 0 Å². The van der Waals surface area contributed by atoms with Gasteiger partial charge in [-0.1, -0.05) is 34.6 Å². The van der Waals surface area contributed by atoms with Crippen LogP contribution in [0.15, 0.2) is 0 Å². The van der Waals surface area contributed by atoms with Crippen LogP contribution in [0.3, 0.4) is 0 Å². The lowest BCUT2D eigenvalue weighted by Gasteiger charge is -2.33. The number of nitrogens with zero attached hydrogens (tertiary/aromatic N) is 1. The van der Waals surface area contributed by atoms with Gasteiger partial charge in [0.1, 0.15) is 5.67 Å². The zero-order chi connectivity index (χ0) is 11.6. The first-order chi connectivity index (χ1) is 6.64. The van der Waals surface area contributed by atoms with Crippen LogP contribution in [-0.4, -0.2) is 30.2 Å². The van der Waals surface area contributed by atoms with E-state index in [0.717, 1.165) is 19.6 Å². The average Bonchev–Trinajstić information content (AvgIpc) is 2.24. The largest absolute Gasteiger partial charge is 0.303 e. The van der Waals surface area contributed by atoms with Gasteiger partial charge < -0.3 is 4.90 Å². The van der Waals surface area contributed by atoms with Crippen LogP contribution < -0.4 is 0 Å². The van der Waals surface area contributed by atoms with E-state index < -0.39 is 5.67 Å². The summed E-state index contributed by atoms with van der Waals surface area (Å²) in [6, 6.07) is 0. The van der Waals surface area contributed by atoms with Crippen molar-refractivity contribution in [2.75, 3.05) is 19.6 Å². The minimum absolute atomic E-state index is 0.709. The molecule has 1 saturated heterocycles. The van der Waals surface area contributed by atoms with Crippen molar-refractivity contribution in [3.8, 4) is 0 Å². The smallest absolute Gasteiger partial charge is 0.110 e. The van der Waals surface area contributed by atoms with Crippen molar-refractivity contribution in [1.82, 2.24) is 4.90 Å². The zero-order valence-corrected chi connectivity index (χ0v) is 10.9. The maximum Gasteiger partial charge on any atom is 0.110 e. The number of alkyl halides is 1. The summed E-state index contributed by atoms with van der Waals surface area (Å²) in [7, 11) is 0. The molecular weight excluding hydrogens is 177 g/mol. The highest BCUT2D eigenvalue weighted by Crippen LogP contribution is 2.24. The summed E-state index contributed by atoms with van der Waals surface area (Å²) in [5, 5.41) is 0. The molecule has 0 aromatic heterocycles. The second-order valence-corrected chi connectivity index (χ2v) is 3.35. The average molecular weight is 205 g/mol. The van der Waals surface area contributed by atoms with E-state index in [-0.39, 0.29) is 0 Å². The molecule has 14 heavy (non-hydrogen) atoms. The van der Waals surface area contributed by atoms with Crippen LogP contribution in [-0.2, 0) is 0 Å². The number of hydrogen-bond acceptors (Lipinski definition) is 1. The Hall–Kier alpha value is -0.110. The monoisotopic (exact) mass is 205 g/mol. The lowest BCUT2D eigenvalue weighted by molar-refractivity contribution is 0.0770. The molecule has 88 valence electrons. The van der Waals surface area contributed by atoms with Crippen LogP contribution in [0.1, 0.15) is 54.4 Å². The van der Waals surface area contributed by atoms with Gasteiger partial charge in [-0.25, -0.2) is 4.39 Å². The minimum Gasteiger partial charge on any atom is -0.303 e.